The third kappa shape index (κ3) is 4.76. The number of rotatable bonds is 8. The molecule has 3 aromatic carbocycles. The SMILES string of the molecule is COc1ccc(NCc2cc3cc4c(cc3n(CC(=O)Nc3ccc(OC)cc3)c2=O)OCO4)cc1. The highest BCUT2D eigenvalue weighted by Gasteiger charge is 2.19. The lowest BCUT2D eigenvalue weighted by Crippen LogP contribution is -2.30. The number of hydrogen-bond donors (Lipinski definition) is 2. The van der Waals surface area contributed by atoms with Crippen LogP contribution >= 0.6 is 0 Å². The van der Waals surface area contributed by atoms with Gasteiger partial charge < -0.3 is 29.6 Å². The van der Waals surface area contributed by atoms with Crippen LogP contribution in [0.2, 0.25) is 0 Å². The van der Waals surface area contributed by atoms with Gasteiger partial charge in [-0.05, 0) is 60.7 Å². The molecule has 0 unspecified atom stereocenters. The fraction of sp³-hybridized carbons (Fsp3) is 0.185. The van der Waals surface area contributed by atoms with Crippen molar-refractivity contribution in [1.82, 2.24) is 4.57 Å². The van der Waals surface area contributed by atoms with Crippen molar-refractivity contribution in [3.05, 3.63) is 82.6 Å². The smallest absolute Gasteiger partial charge is 0.256 e. The van der Waals surface area contributed by atoms with E-state index in [1.807, 2.05) is 36.4 Å². The van der Waals surface area contributed by atoms with E-state index in [1.165, 1.54) is 4.57 Å². The zero-order valence-corrected chi connectivity index (χ0v) is 19.9. The Bertz CT molecular complexity index is 1460. The molecule has 4 aromatic rings. The molecular formula is C27H25N3O6. The van der Waals surface area contributed by atoms with E-state index in [9.17, 15) is 9.59 Å². The normalized spacial score (nSPS) is 11.8. The van der Waals surface area contributed by atoms with Crippen LogP contribution in [0, 0.1) is 0 Å². The summed E-state index contributed by atoms with van der Waals surface area (Å²) in [6.45, 7) is 0.215. The lowest BCUT2D eigenvalue weighted by molar-refractivity contribution is -0.116. The van der Waals surface area contributed by atoms with Crippen LogP contribution in [0.15, 0.2) is 71.5 Å². The standard InChI is InChI=1S/C27H25N3O6/c1-33-21-7-3-19(4-8-21)28-14-18-11-17-12-24-25(36-16-35-24)13-23(17)30(27(18)32)15-26(31)29-20-5-9-22(34-2)10-6-20/h3-13,28H,14-16H2,1-2H3,(H,29,31). The molecule has 1 amide bonds. The summed E-state index contributed by atoms with van der Waals surface area (Å²) in [5, 5.41) is 6.87. The highest BCUT2D eigenvalue weighted by atomic mass is 16.7. The Morgan fingerprint density at radius 1 is 0.889 bits per heavy atom. The number of amides is 1. The first-order chi connectivity index (χ1) is 17.5. The van der Waals surface area contributed by atoms with Gasteiger partial charge in [-0.1, -0.05) is 0 Å². The average molecular weight is 488 g/mol. The lowest BCUT2D eigenvalue weighted by atomic mass is 10.1. The Kier molecular flexibility index (Phi) is 6.36. The van der Waals surface area contributed by atoms with Gasteiger partial charge in [0.25, 0.3) is 5.56 Å². The number of methoxy groups -OCH3 is 2. The van der Waals surface area contributed by atoms with Gasteiger partial charge in [-0.25, -0.2) is 0 Å². The molecule has 0 fully saturated rings. The summed E-state index contributed by atoms with van der Waals surface area (Å²) in [5.74, 6) is 2.23. The lowest BCUT2D eigenvalue weighted by Gasteiger charge is -2.15. The molecule has 1 aliphatic heterocycles. The number of carbonyl (C=O) groups is 1. The number of nitrogens with zero attached hydrogens (tertiary/aromatic N) is 1. The maximum atomic E-state index is 13.5. The Balaban J connectivity index is 1.45. The van der Waals surface area contributed by atoms with E-state index in [-0.39, 0.29) is 31.3 Å². The summed E-state index contributed by atoms with van der Waals surface area (Å²) in [7, 11) is 3.18. The molecule has 5 rings (SSSR count). The second kappa shape index (κ2) is 9.91. The first-order valence-corrected chi connectivity index (χ1v) is 11.3. The van der Waals surface area contributed by atoms with Gasteiger partial charge in [0.1, 0.15) is 18.0 Å². The molecular weight excluding hydrogens is 462 g/mol. The van der Waals surface area contributed by atoms with Gasteiger partial charge in [0.15, 0.2) is 11.5 Å². The molecule has 2 heterocycles. The van der Waals surface area contributed by atoms with Crippen LogP contribution in [-0.4, -0.2) is 31.5 Å². The molecule has 0 bridgehead atoms. The van der Waals surface area contributed by atoms with E-state index >= 15 is 0 Å². The maximum Gasteiger partial charge on any atom is 0.256 e. The van der Waals surface area contributed by atoms with Crippen molar-refractivity contribution in [3.63, 3.8) is 0 Å². The molecule has 0 saturated heterocycles. The molecule has 0 radical (unpaired) electrons. The maximum absolute atomic E-state index is 13.5. The topological polar surface area (TPSA) is 100 Å². The van der Waals surface area contributed by atoms with Crippen LogP contribution in [0.3, 0.4) is 0 Å². The number of nitrogens with one attached hydrogen (secondary N) is 2. The zero-order chi connectivity index (χ0) is 25.1. The van der Waals surface area contributed by atoms with E-state index in [0.29, 0.717) is 34.0 Å². The quantitative estimate of drug-likeness (QED) is 0.388. The Morgan fingerprint density at radius 3 is 2.14 bits per heavy atom. The molecule has 184 valence electrons. The molecule has 36 heavy (non-hydrogen) atoms. The van der Waals surface area contributed by atoms with Gasteiger partial charge in [-0.2, -0.15) is 0 Å². The van der Waals surface area contributed by atoms with Crippen LogP contribution in [0.1, 0.15) is 5.56 Å². The first kappa shape index (κ1) is 23.1. The minimum atomic E-state index is -0.332. The molecule has 0 spiro atoms. The fourth-order valence-electron chi connectivity index (χ4n) is 4.04. The van der Waals surface area contributed by atoms with Crippen molar-refractivity contribution in [2.45, 2.75) is 13.1 Å². The van der Waals surface area contributed by atoms with Gasteiger partial charge in [0.05, 0.1) is 19.7 Å². The average Bonchev–Trinajstić information content (AvgIpc) is 3.36. The van der Waals surface area contributed by atoms with Gasteiger partial charge in [0.2, 0.25) is 12.7 Å². The zero-order valence-electron chi connectivity index (χ0n) is 19.9. The Labute approximate surface area is 207 Å². The van der Waals surface area contributed by atoms with Crippen LogP contribution in [-0.2, 0) is 17.9 Å². The number of ether oxygens (including phenoxy) is 4. The van der Waals surface area contributed by atoms with Crippen molar-refractivity contribution in [2.24, 2.45) is 0 Å². The summed E-state index contributed by atoms with van der Waals surface area (Å²) in [4.78, 5) is 26.4. The second-order valence-corrected chi connectivity index (χ2v) is 8.18. The van der Waals surface area contributed by atoms with Crippen molar-refractivity contribution in [1.29, 1.82) is 0 Å². The third-order valence-corrected chi connectivity index (χ3v) is 5.91. The number of aromatic nitrogens is 1. The molecule has 9 nitrogen and oxygen atoms in total. The minimum Gasteiger partial charge on any atom is -0.497 e. The van der Waals surface area contributed by atoms with Crippen LogP contribution in [0.5, 0.6) is 23.0 Å². The highest BCUT2D eigenvalue weighted by molar-refractivity contribution is 5.92. The molecule has 1 aromatic heterocycles. The first-order valence-electron chi connectivity index (χ1n) is 11.3. The van der Waals surface area contributed by atoms with Gasteiger partial charge in [-0.15, -0.1) is 0 Å². The van der Waals surface area contributed by atoms with Crippen molar-refractivity contribution in [3.8, 4) is 23.0 Å². The van der Waals surface area contributed by atoms with Crippen molar-refractivity contribution >= 4 is 28.2 Å². The summed E-state index contributed by atoms with van der Waals surface area (Å²) >= 11 is 0. The molecule has 0 saturated carbocycles. The van der Waals surface area contributed by atoms with Gasteiger partial charge in [-0.3, -0.25) is 14.2 Å². The van der Waals surface area contributed by atoms with Crippen molar-refractivity contribution in [2.75, 3.05) is 31.6 Å². The van der Waals surface area contributed by atoms with Crippen molar-refractivity contribution < 1.29 is 23.7 Å². The van der Waals surface area contributed by atoms with E-state index in [2.05, 4.69) is 10.6 Å². The number of pyridine rings is 1. The van der Waals surface area contributed by atoms with Gasteiger partial charge >= 0.3 is 0 Å². The predicted molar refractivity (Wildman–Crippen MR) is 136 cm³/mol. The Morgan fingerprint density at radius 2 is 1.50 bits per heavy atom. The molecule has 0 aliphatic carbocycles. The number of fused-ring (bicyclic) bond motifs is 2. The highest BCUT2D eigenvalue weighted by Crippen LogP contribution is 2.36. The summed E-state index contributed by atoms with van der Waals surface area (Å²) in [6.07, 6.45) is 0. The van der Waals surface area contributed by atoms with E-state index in [0.717, 1.165) is 16.8 Å². The van der Waals surface area contributed by atoms with Crippen LogP contribution in [0.4, 0.5) is 11.4 Å². The number of anilines is 2. The van der Waals surface area contributed by atoms with Crippen LogP contribution in [0.25, 0.3) is 10.9 Å². The van der Waals surface area contributed by atoms with E-state index in [4.69, 9.17) is 18.9 Å². The van der Waals surface area contributed by atoms with E-state index in [1.54, 1.807) is 44.6 Å². The monoisotopic (exact) mass is 487 g/mol. The molecule has 2 N–H and O–H groups in total. The number of benzene rings is 3. The fourth-order valence-corrected chi connectivity index (χ4v) is 4.04. The number of hydrogen-bond acceptors (Lipinski definition) is 7. The third-order valence-electron chi connectivity index (χ3n) is 5.91. The Hall–Kier alpha value is -4.66. The van der Waals surface area contributed by atoms with Crippen LogP contribution < -0.4 is 35.1 Å². The molecule has 9 heteroatoms. The minimum absolute atomic E-state index is 0.111. The summed E-state index contributed by atoms with van der Waals surface area (Å²) in [5.41, 5.74) is 2.27. The molecule has 1 aliphatic rings. The second-order valence-electron chi connectivity index (χ2n) is 8.18. The van der Waals surface area contributed by atoms with E-state index < -0.39 is 0 Å². The largest absolute Gasteiger partial charge is 0.497 e. The number of carbonyl (C=O) groups excluding carboxylic acids is 1. The predicted octanol–water partition coefficient (Wildman–Crippen LogP) is 4.00. The summed E-state index contributed by atoms with van der Waals surface area (Å²) in [6, 6.07) is 19.8. The summed E-state index contributed by atoms with van der Waals surface area (Å²) < 4.78 is 22.8. The molecule has 0 atom stereocenters. The van der Waals surface area contributed by atoms with Gasteiger partial charge in [0, 0.05) is 34.9 Å².